The van der Waals surface area contributed by atoms with Crippen LogP contribution in [0.4, 0.5) is 0 Å². The molecule has 1 aromatic heterocycles. The Morgan fingerprint density at radius 3 is 2.57 bits per heavy atom. The molecule has 3 aromatic rings. The molecule has 1 aliphatic rings. The SMILES string of the molecule is CC(C)(N)C(=O)NC(Cc1c[nH]c2ccccc12)C(=O)C(C(N)=O)C1NCCc2cc(C(=O)O)ccc21. The Bertz CT molecular complexity index is 1370. The highest BCUT2D eigenvalue weighted by Crippen LogP contribution is 2.32. The number of carboxylic acid groups (broad SMARTS) is 1. The molecule has 10 heteroatoms. The predicted octanol–water partition coefficient (Wildman–Crippen LogP) is 1.19. The summed E-state index contributed by atoms with van der Waals surface area (Å²) >= 11 is 0. The van der Waals surface area contributed by atoms with E-state index in [-0.39, 0.29) is 12.0 Å². The second-order valence-corrected chi connectivity index (χ2v) is 9.99. The lowest BCUT2D eigenvalue weighted by Crippen LogP contribution is -2.57. The third-order valence-electron chi connectivity index (χ3n) is 6.76. The number of aromatic nitrogens is 1. The average Bonchev–Trinajstić information content (AvgIpc) is 3.25. The minimum atomic E-state index is -1.31. The number of hydrogen-bond acceptors (Lipinski definition) is 6. The monoisotopic (exact) mass is 505 g/mol. The second kappa shape index (κ2) is 10.2. The molecule has 8 N–H and O–H groups in total. The molecule has 2 heterocycles. The van der Waals surface area contributed by atoms with Crippen molar-refractivity contribution in [3.63, 3.8) is 0 Å². The normalized spacial score (nSPS) is 17.0. The van der Waals surface area contributed by atoms with Gasteiger partial charge in [0.1, 0.15) is 5.92 Å². The molecule has 2 amide bonds. The van der Waals surface area contributed by atoms with Gasteiger partial charge in [-0.1, -0.05) is 24.3 Å². The number of H-pyrrole nitrogens is 1. The van der Waals surface area contributed by atoms with E-state index in [1.807, 2.05) is 24.3 Å². The highest BCUT2D eigenvalue weighted by molar-refractivity contribution is 6.06. The molecule has 194 valence electrons. The number of nitrogens with two attached hydrogens (primary N) is 2. The Kier molecular flexibility index (Phi) is 7.15. The van der Waals surface area contributed by atoms with Gasteiger partial charge in [-0.25, -0.2) is 4.79 Å². The number of carbonyl (C=O) groups is 4. The van der Waals surface area contributed by atoms with Crippen molar-refractivity contribution in [1.82, 2.24) is 15.6 Å². The van der Waals surface area contributed by atoms with E-state index in [1.54, 1.807) is 18.3 Å². The summed E-state index contributed by atoms with van der Waals surface area (Å²) in [6.45, 7) is 3.48. The van der Waals surface area contributed by atoms with Crippen LogP contribution >= 0.6 is 0 Å². The van der Waals surface area contributed by atoms with E-state index in [0.717, 1.165) is 22.0 Å². The molecule has 0 fully saturated rings. The van der Waals surface area contributed by atoms with Crippen molar-refractivity contribution in [3.8, 4) is 0 Å². The summed E-state index contributed by atoms with van der Waals surface area (Å²) in [6.07, 6.45) is 2.42. The second-order valence-electron chi connectivity index (χ2n) is 9.99. The first-order valence-electron chi connectivity index (χ1n) is 12.0. The maximum atomic E-state index is 14.0. The smallest absolute Gasteiger partial charge is 0.335 e. The molecular weight excluding hydrogens is 474 g/mol. The zero-order valence-corrected chi connectivity index (χ0v) is 20.7. The van der Waals surface area contributed by atoms with Crippen molar-refractivity contribution in [2.24, 2.45) is 17.4 Å². The number of aromatic carboxylic acids is 1. The number of aromatic amines is 1. The largest absolute Gasteiger partial charge is 0.478 e. The van der Waals surface area contributed by atoms with Gasteiger partial charge in [0.2, 0.25) is 11.8 Å². The first-order chi connectivity index (χ1) is 17.5. The van der Waals surface area contributed by atoms with Crippen LogP contribution < -0.4 is 22.1 Å². The summed E-state index contributed by atoms with van der Waals surface area (Å²) in [5.41, 5.74) is 13.7. The molecule has 0 saturated heterocycles. The lowest BCUT2D eigenvalue weighted by molar-refractivity contribution is -0.137. The number of fused-ring (bicyclic) bond motifs is 2. The third-order valence-corrected chi connectivity index (χ3v) is 6.76. The lowest BCUT2D eigenvalue weighted by Gasteiger charge is -2.33. The van der Waals surface area contributed by atoms with Crippen LogP contribution in [0.5, 0.6) is 0 Å². The Morgan fingerprint density at radius 1 is 1.16 bits per heavy atom. The number of rotatable bonds is 9. The number of ketones is 1. The van der Waals surface area contributed by atoms with Gasteiger partial charge in [0.15, 0.2) is 5.78 Å². The Labute approximate surface area is 213 Å². The number of primary amides is 1. The van der Waals surface area contributed by atoms with Gasteiger partial charge in [0.25, 0.3) is 0 Å². The van der Waals surface area contributed by atoms with E-state index < -0.39 is 47.1 Å². The highest BCUT2D eigenvalue weighted by atomic mass is 16.4. The van der Waals surface area contributed by atoms with Crippen LogP contribution in [-0.4, -0.2) is 51.8 Å². The van der Waals surface area contributed by atoms with Gasteiger partial charge in [-0.2, -0.15) is 0 Å². The minimum Gasteiger partial charge on any atom is -0.478 e. The zero-order chi connectivity index (χ0) is 26.9. The van der Waals surface area contributed by atoms with Gasteiger partial charge in [-0.3, -0.25) is 14.4 Å². The summed E-state index contributed by atoms with van der Waals surface area (Å²) < 4.78 is 0. The summed E-state index contributed by atoms with van der Waals surface area (Å²) in [5.74, 6) is -4.32. The summed E-state index contributed by atoms with van der Waals surface area (Å²) in [7, 11) is 0. The highest BCUT2D eigenvalue weighted by Gasteiger charge is 2.41. The van der Waals surface area contributed by atoms with Gasteiger partial charge in [-0.15, -0.1) is 0 Å². The molecule has 2 aromatic carbocycles. The first-order valence-corrected chi connectivity index (χ1v) is 12.0. The molecule has 3 atom stereocenters. The van der Waals surface area contributed by atoms with Crippen LogP contribution in [0.3, 0.4) is 0 Å². The molecule has 0 aliphatic carbocycles. The Morgan fingerprint density at radius 2 is 1.89 bits per heavy atom. The number of para-hydroxylation sites is 1. The third kappa shape index (κ3) is 5.40. The van der Waals surface area contributed by atoms with Gasteiger partial charge in [0, 0.05) is 23.5 Å². The summed E-state index contributed by atoms with van der Waals surface area (Å²) in [5, 5.41) is 16.2. The van der Waals surface area contributed by atoms with E-state index in [2.05, 4.69) is 15.6 Å². The molecule has 37 heavy (non-hydrogen) atoms. The van der Waals surface area contributed by atoms with Crippen LogP contribution in [0.2, 0.25) is 0 Å². The number of carboxylic acids is 1. The number of carbonyl (C=O) groups excluding carboxylic acids is 3. The van der Waals surface area contributed by atoms with Gasteiger partial charge in [-0.05, 0) is 61.7 Å². The molecule has 4 rings (SSSR count). The molecule has 0 saturated carbocycles. The maximum Gasteiger partial charge on any atom is 0.335 e. The van der Waals surface area contributed by atoms with Crippen molar-refractivity contribution < 1.29 is 24.3 Å². The quantitative estimate of drug-likeness (QED) is 0.236. The average molecular weight is 506 g/mol. The van der Waals surface area contributed by atoms with Crippen LogP contribution in [0.1, 0.15) is 46.9 Å². The molecule has 0 spiro atoms. The van der Waals surface area contributed by atoms with Crippen LogP contribution in [0.15, 0.2) is 48.7 Å². The van der Waals surface area contributed by atoms with E-state index in [9.17, 15) is 24.3 Å². The number of nitrogens with one attached hydrogen (secondary N) is 3. The molecule has 1 aliphatic heterocycles. The van der Waals surface area contributed by atoms with Crippen molar-refractivity contribution in [3.05, 3.63) is 70.9 Å². The van der Waals surface area contributed by atoms with E-state index in [1.165, 1.54) is 19.9 Å². The van der Waals surface area contributed by atoms with E-state index in [0.29, 0.717) is 18.5 Å². The van der Waals surface area contributed by atoms with Crippen molar-refractivity contribution in [2.75, 3.05) is 6.54 Å². The Hall–Kier alpha value is -4.02. The molecule has 0 bridgehead atoms. The molecule has 10 nitrogen and oxygen atoms in total. The number of amides is 2. The minimum absolute atomic E-state index is 0.117. The Balaban J connectivity index is 1.72. The van der Waals surface area contributed by atoms with Crippen molar-refractivity contribution in [2.45, 2.75) is 44.3 Å². The lowest BCUT2D eigenvalue weighted by atomic mass is 9.80. The fourth-order valence-corrected chi connectivity index (χ4v) is 4.80. The summed E-state index contributed by atoms with van der Waals surface area (Å²) in [6, 6.07) is 10.3. The number of hydrogen-bond donors (Lipinski definition) is 6. The van der Waals surface area contributed by atoms with Crippen LogP contribution in [-0.2, 0) is 27.2 Å². The zero-order valence-electron chi connectivity index (χ0n) is 20.7. The van der Waals surface area contributed by atoms with Crippen LogP contribution in [0, 0.1) is 5.92 Å². The predicted molar refractivity (Wildman–Crippen MR) is 138 cm³/mol. The molecule has 3 unspecified atom stereocenters. The van der Waals surface area contributed by atoms with Gasteiger partial charge < -0.3 is 32.2 Å². The summed E-state index contributed by atoms with van der Waals surface area (Å²) in [4.78, 5) is 54.2. The van der Waals surface area contributed by atoms with Gasteiger partial charge >= 0.3 is 5.97 Å². The van der Waals surface area contributed by atoms with Crippen molar-refractivity contribution in [1.29, 1.82) is 0 Å². The fraction of sp³-hybridized carbons (Fsp3) is 0.333. The van der Waals surface area contributed by atoms with Gasteiger partial charge in [0.05, 0.1) is 23.2 Å². The number of benzene rings is 2. The molecular formula is C27H31N5O5. The number of Topliss-reactive ketones (excluding diaryl/α,β-unsaturated/α-hetero) is 1. The van der Waals surface area contributed by atoms with E-state index >= 15 is 0 Å². The van der Waals surface area contributed by atoms with Crippen molar-refractivity contribution >= 4 is 34.5 Å². The van der Waals surface area contributed by atoms with E-state index in [4.69, 9.17) is 11.5 Å². The fourth-order valence-electron chi connectivity index (χ4n) is 4.80. The molecule has 0 radical (unpaired) electrons. The standard InChI is InChI=1S/C27H31N5O5/c1-27(2,29)26(37)32-20(12-16-13-31-19-6-4-3-5-17(16)19)23(33)21(24(28)34)22-18-8-7-15(25(35)36)11-14(18)9-10-30-22/h3-8,11,13,20-22,30-31H,9-10,12,29H2,1-2H3,(H2,28,34)(H,32,37)(H,35,36). The maximum absolute atomic E-state index is 14.0. The van der Waals surface area contributed by atoms with Crippen LogP contribution in [0.25, 0.3) is 10.9 Å². The first kappa shape index (κ1) is 26.1. The topological polar surface area (TPSA) is 180 Å².